The number of alkyl halides is 3. The van der Waals surface area contributed by atoms with Gasteiger partial charge in [-0.3, -0.25) is 4.90 Å². The third-order valence-corrected chi connectivity index (χ3v) is 2.89. The van der Waals surface area contributed by atoms with E-state index in [0.717, 1.165) is 0 Å². The van der Waals surface area contributed by atoms with E-state index < -0.39 is 12.7 Å². The molecule has 0 bridgehead atoms. The number of hydrogen-bond donors (Lipinski definition) is 2. The van der Waals surface area contributed by atoms with E-state index in [1.54, 1.807) is 38.1 Å². The fourth-order valence-corrected chi connectivity index (χ4v) is 1.83. The number of nitrogens with zero attached hydrogens (tertiary/aromatic N) is 2. The number of oxime groups is 1. The standard InChI is InChI=1S/C13H18F3N3O/c1-9(2)19(8-13(14,15)16)7-10-5-3-4-6-11(10)12(17)18-20/h3-6,9,20H,7-8H2,1-2H3,(H2,17,18). The Hall–Kier alpha value is -1.76. The molecule has 0 fully saturated rings. The molecule has 4 nitrogen and oxygen atoms in total. The molecule has 0 unspecified atom stereocenters. The molecule has 0 spiro atoms. The maximum absolute atomic E-state index is 12.6. The van der Waals surface area contributed by atoms with Gasteiger partial charge in [-0.15, -0.1) is 0 Å². The minimum atomic E-state index is -4.27. The van der Waals surface area contributed by atoms with Crippen LogP contribution < -0.4 is 5.73 Å². The molecule has 0 saturated carbocycles. The average molecular weight is 289 g/mol. The van der Waals surface area contributed by atoms with Crippen molar-refractivity contribution < 1.29 is 18.4 Å². The van der Waals surface area contributed by atoms with Gasteiger partial charge in [0.05, 0.1) is 6.54 Å². The average Bonchev–Trinajstić information content (AvgIpc) is 2.36. The van der Waals surface area contributed by atoms with E-state index in [-0.39, 0.29) is 18.4 Å². The summed E-state index contributed by atoms with van der Waals surface area (Å²) in [7, 11) is 0. The van der Waals surface area contributed by atoms with Gasteiger partial charge in [-0.25, -0.2) is 0 Å². The lowest BCUT2D eigenvalue weighted by Crippen LogP contribution is -2.39. The van der Waals surface area contributed by atoms with Gasteiger partial charge in [0.2, 0.25) is 0 Å². The van der Waals surface area contributed by atoms with Crippen LogP contribution >= 0.6 is 0 Å². The summed E-state index contributed by atoms with van der Waals surface area (Å²) in [4.78, 5) is 1.28. The van der Waals surface area contributed by atoms with Gasteiger partial charge in [0, 0.05) is 18.2 Å². The Morgan fingerprint density at radius 2 is 1.95 bits per heavy atom. The van der Waals surface area contributed by atoms with E-state index in [1.807, 2.05) is 0 Å². The molecule has 0 aliphatic carbocycles. The third-order valence-electron chi connectivity index (χ3n) is 2.89. The molecule has 1 aromatic carbocycles. The lowest BCUT2D eigenvalue weighted by Gasteiger charge is -2.28. The van der Waals surface area contributed by atoms with Crippen molar-refractivity contribution in [1.82, 2.24) is 4.90 Å². The predicted molar refractivity (Wildman–Crippen MR) is 70.6 cm³/mol. The van der Waals surface area contributed by atoms with Crippen molar-refractivity contribution >= 4 is 5.84 Å². The van der Waals surface area contributed by atoms with Gasteiger partial charge in [0.15, 0.2) is 5.84 Å². The van der Waals surface area contributed by atoms with E-state index in [2.05, 4.69) is 5.16 Å². The maximum atomic E-state index is 12.6. The first-order valence-electron chi connectivity index (χ1n) is 6.11. The van der Waals surface area contributed by atoms with E-state index in [4.69, 9.17) is 10.9 Å². The quantitative estimate of drug-likeness (QED) is 0.379. The molecule has 112 valence electrons. The molecule has 0 radical (unpaired) electrons. The van der Waals surface area contributed by atoms with E-state index >= 15 is 0 Å². The van der Waals surface area contributed by atoms with Crippen molar-refractivity contribution in [2.24, 2.45) is 10.9 Å². The fourth-order valence-electron chi connectivity index (χ4n) is 1.83. The molecular weight excluding hydrogens is 271 g/mol. The molecule has 0 atom stereocenters. The van der Waals surface area contributed by atoms with Gasteiger partial charge in [-0.1, -0.05) is 29.4 Å². The smallest absolute Gasteiger partial charge is 0.401 e. The first-order chi connectivity index (χ1) is 9.24. The summed E-state index contributed by atoms with van der Waals surface area (Å²) in [5.74, 6) is -0.115. The topological polar surface area (TPSA) is 61.8 Å². The van der Waals surface area contributed by atoms with Gasteiger partial charge in [-0.05, 0) is 19.4 Å². The Morgan fingerprint density at radius 1 is 1.35 bits per heavy atom. The molecule has 0 amide bonds. The molecule has 20 heavy (non-hydrogen) atoms. The number of hydrogen-bond acceptors (Lipinski definition) is 3. The number of nitrogens with two attached hydrogens (primary N) is 1. The number of rotatable bonds is 5. The van der Waals surface area contributed by atoms with Crippen LogP contribution in [-0.2, 0) is 6.54 Å². The highest BCUT2D eigenvalue weighted by Gasteiger charge is 2.32. The van der Waals surface area contributed by atoms with Gasteiger partial charge in [-0.2, -0.15) is 13.2 Å². The van der Waals surface area contributed by atoms with Gasteiger partial charge >= 0.3 is 6.18 Å². The van der Waals surface area contributed by atoms with Crippen LogP contribution in [0.3, 0.4) is 0 Å². The van der Waals surface area contributed by atoms with Crippen molar-refractivity contribution in [2.75, 3.05) is 6.54 Å². The minimum Gasteiger partial charge on any atom is -0.409 e. The summed E-state index contributed by atoms with van der Waals surface area (Å²) in [6, 6.07) is 6.38. The van der Waals surface area contributed by atoms with Crippen LogP contribution in [-0.4, -0.2) is 34.7 Å². The van der Waals surface area contributed by atoms with E-state index in [1.165, 1.54) is 4.90 Å². The maximum Gasteiger partial charge on any atom is 0.401 e. The first kappa shape index (κ1) is 16.3. The summed E-state index contributed by atoms with van der Waals surface area (Å²) >= 11 is 0. The monoisotopic (exact) mass is 289 g/mol. The highest BCUT2D eigenvalue weighted by Crippen LogP contribution is 2.21. The van der Waals surface area contributed by atoms with E-state index in [9.17, 15) is 13.2 Å². The second-order valence-electron chi connectivity index (χ2n) is 4.76. The lowest BCUT2D eigenvalue weighted by atomic mass is 10.1. The van der Waals surface area contributed by atoms with E-state index in [0.29, 0.717) is 11.1 Å². The van der Waals surface area contributed by atoms with Crippen molar-refractivity contribution in [2.45, 2.75) is 32.6 Å². The number of halogens is 3. The van der Waals surface area contributed by atoms with Crippen LogP contribution in [0.4, 0.5) is 13.2 Å². The molecular formula is C13H18F3N3O. The largest absolute Gasteiger partial charge is 0.409 e. The molecule has 0 aliphatic heterocycles. The Bertz CT molecular complexity index is 472. The molecule has 7 heteroatoms. The zero-order valence-electron chi connectivity index (χ0n) is 11.4. The Labute approximate surface area is 115 Å². The van der Waals surface area contributed by atoms with Crippen LogP contribution in [0.15, 0.2) is 29.4 Å². The molecule has 0 heterocycles. The number of amidine groups is 1. The highest BCUT2D eigenvalue weighted by atomic mass is 19.4. The Kier molecular flexibility index (Phi) is 5.38. The van der Waals surface area contributed by atoms with Crippen LogP contribution in [0, 0.1) is 0 Å². The van der Waals surface area contributed by atoms with Crippen molar-refractivity contribution in [3.8, 4) is 0 Å². The fraction of sp³-hybridized carbons (Fsp3) is 0.462. The molecule has 1 rings (SSSR count). The summed E-state index contributed by atoms with van der Waals surface area (Å²) in [6.07, 6.45) is -4.27. The zero-order valence-corrected chi connectivity index (χ0v) is 11.4. The molecule has 3 N–H and O–H groups in total. The third kappa shape index (κ3) is 4.73. The molecule has 0 aliphatic rings. The highest BCUT2D eigenvalue weighted by molar-refractivity contribution is 5.98. The second kappa shape index (κ2) is 6.60. The van der Waals surface area contributed by atoms with Crippen LogP contribution in [0.5, 0.6) is 0 Å². The second-order valence-corrected chi connectivity index (χ2v) is 4.76. The van der Waals surface area contributed by atoms with Crippen molar-refractivity contribution in [3.63, 3.8) is 0 Å². The molecule has 0 aromatic heterocycles. The Morgan fingerprint density at radius 3 is 2.45 bits per heavy atom. The van der Waals surface area contributed by atoms with Crippen molar-refractivity contribution in [1.29, 1.82) is 0 Å². The summed E-state index contributed by atoms with van der Waals surface area (Å²) in [6.45, 7) is 2.45. The SMILES string of the molecule is CC(C)N(Cc1ccccc1C(N)=NO)CC(F)(F)F. The van der Waals surface area contributed by atoms with Gasteiger partial charge in [0.25, 0.3) is 0 Å². The van der Waals surface area contributed by atoms with Crippen LogP contribution in [0.2, 0.25) is 0 Å². The van der Waals surface area contributed by atoms with Crippen LogP contribution in [0.25, 0.3) is 0 Å². The summed E-state index contributed by atoms with van der Waals surface area (Å²) in [5, 5.41) is 11.6. The van der Waals surface area contributed by atoms with Crippen LogP contribution in [0.1, 0.15) is 25.0 Å². The zero-order chi connectivity index (χ0) is 15.3. The first-order valence-corrected chi connectivity index (χ1v) is 6.11. The van der Waals surface area contributed by atoms with Gasteiger partial charge in [0.1, 0.15) is 0 Å². The predicted octanol–water partition coefficient (Wildman–Crippen LogP) is 2.55. The number of benzene rings is 1. The Balaban J connectivity index is 3.00. The summed E-state index contributed by atoms with van der Waals surface area (Å²) < 4.78 is 37.7. The normalized spacial score (nSPS) is 13.2. The summed E-state index contributed by atoms with van der Waals surface area (Å²) in [5.41, 5.74) is 6.55. The molecule has 0 saturated heterocycles. The van der Waals surface area contributed by atoms with Gasteiger partial charge < -0.3 is 10.9 Å². The minimum absolute atomic E-state index is 0.0730. The molecule has 1 aromatic rings. The van der Waals surface area contributed by atoms with Crippen molar-refractivity contribution in [3.05, 3.63) is 35.4 Å². The lowest BCUT2D eigenvalue weighted by molar-refractivity contribution is -0.150.